The predicted molar refractivity (Wildman–Crippen MR) is 82.2 cm³/mol. The van der Waals surface area contributed by atoms with Crippen LogP contribution in [-0.2, 0) is 0 Å². The Morgan fingerprint density at radius 2 is 1.53 bits per heavy atom. The van der Waals surface area contributed by atoms with Gasteiger partial charge in [0.2, 0.25) is 0 Å². The molecule has 0 bridgehead atoms. The third-order valence-corrected chi connectivity index (χ3v) is 3.37. The van der Waals surface area contributed by atoms with E-state index in [2.05, 4.69) is 66.1 Å². The minimum atomic E-state index is 0.366. The number of hydrogen-bond donors (Lipinski definition) is 2. The molecule has 0 amide bonds. The van der Waals surface area contributed by atoms with Crippen LogP contribution >= 0.6 is 0 Å². The lowest BCUT2D eigenvalue weighted by Gasteiger charge is -2.17. The Labute approximate surface area is 115 Å². The smallest absolute Gasteiger partial charge is 0.0444 e. The van der Waals surface area contributed by atoms with E-state index in [-0.39, 0.29) is 0 Å². The average molecular weight is 254 g/mol. The lowest BCUT2D eigenvalue weighted by molar-refractivity contribution is 0.538. The first-order valence-electron chi connectivity index (χ1n) is 6.88. The first-order chi connectivity index (χ1) is 9.35. The van der Waals surface area contributed by atoms with Crippen molar-refractivity contribution in [2.24, 2.45) is 0 Å². The maximum absolute atomic E-state index is 3.38. The van der Waals surface area contributed by atoms with Crippen LogP contribution in [0.25, 0.3) is 11.1 Å². The summed E-state index contributed by atoms with van der Waals surface area (Å²) in [4.78, 5) is 0. The molecule has 1 atom stereocenters. The molecule has 0 saturated heterocycles. The Balaban J connectivity index is 2.13. The van der Waals surface area contributed by atoms with Gasteiger partial charge in [-0.25, -0.2) is 0 Å². The predicted octanol–water partition coefficient (Wildman–Crippen LogP) is 3.22. The van der Waals surface area contributed by atoms with Crippen LogP contribution in [0, 0.1) is 0 Å². The van der Waals surface area contributed by atoms with Gasteiger partial charge in [-0.1, -0.05) is 61.5 Å². The van der Waals surface area contributed by atoms with Crippen LogP contribution < -0.4 is 10.6 Å². The molecule has 2 rings (SSSR count). The zero-order chi connectivity index (χ0) is 13.5. The van der Waals surface area contributed by atoms with E-state index in [1.54, 1.807) is 0 Å². The van der Waals surface area contributed by atoms with Crippen LogP contribution in [0.1, 0.15) is 18.5 Å². The van der Waals surface area contributed by atoms with Crippen LogP contribution in [0.5, 0.6) is 0 Å². The van der Waals surface area contributed by atoms with Crippen LogP contribution in [0.4, 0.5) is 0 Å². The minimum absolute atomic E-state index is 0.366. The second kappa shape index (κ2) is 7.07. The molecule has 2 nitrogen and oxygen atoms in total. The van der Waals surface area contributed by atoms with E-state index in [0.29, 0.717) is 6.04 Å². The van der Waals surface area contributed by atoms with Gasteiger partial charge in [-0.15, -0.1) is 0 Å². The molecule has 2 N–H and O–H groups in total. The highest BCUT2D eigenvalue weighted by Crippen LogP contribution is 2.21. The maximum Gasteiger partial charge on any atom is 0.0444 e. The largest absolute Gasteiger partial charge is 0.315 e. The minimum Gasteiger partial charge on any atom is -0.315 e. The van der Waals surface area contributed by atoms with Gasteiger partial charge in [-0.05, 0) is 30.3 Å². The summed E-state index contributed by atoms with van der Waals surface area (Å²) in [6, 6.07) is 19.7. The highest BCUT2D eigenvalue weighted by Gasteiger charge is 2.08. The molecule has 2 aromatic rings. The SMILES string of the molecule is CCNCC(NC)c1ccc(-c2ccccc2)cc1. The summed E-state index contributed by atoms with van der Waals surface area (Å²) in [7, 11) is 2.01. The quantitative estimate of drug-likeness (QED) is 0.827. The molecule has 19 heavy (non-hydrogen) atoms. The lowest BCUT2D eigenvalue weighted by Crippen LogP contribution is -2.29. The van der Waals surface area contributed by atoms with Crippen molar-refractivity contribution in [2.75, 3.05) is 20.1 Å². The Morgan fingerprint density at radius 1 is 0.895 bits per heavy atom. The Bertz CT molecular complexity index is 476. The van der Waals surface area contributed by atoms with Gasteiger partial charge in [0.25, 0.3) is 0 Å². The highest BCUT2D eigenvalue weighted by atomic mass is 15.0. The normalized spacial score (nSPS) is 12.3. The molecular formula is C17H22N2. The van der Waals surface area contributed by atoms with E-state index in [0.717, 1.165) is 13.1 Å². The number of rotatable bonds is 6. The molecule has 0 saturated carbocycles. The highest BCUT2D eigenvalue weighted by molar-refractivity contribution is 5.63. The van der Waals surface area contributed by atoms with Gasteiger partial charge in [-0.2, -0.15) is 0 Å². The van der Waals surface area contributed by atoms with Crippen molar-refractivity contribution < 1.29 is 0 Å². The number of likely N-dealkylation sites (N-methyl/N-ethyl adjacent to an activating group) is 2. The third kappa shape index (κ3) is 3.66. The molecule has 2 heteroatoms. The summed E-state index contributed by atoms with van der Waals surface area (Å²) in [6.07, 6.45) is 0. The van der Waals surface area contributed by atoms with Crippen LogP contribution in [-0.4, -0.2) is 20.1 Å². The second-order valence-electron chi connectivity index (χ2n) is 4.64. The molecule has 1 unspecified atom stereocenters. The molecular weight excluding hydrogens is 232 g/mol. The number of hydrogen-bond acceptors (Lipinski definition) is 2. The zero-order valence-corrected chi connectivity index (χ0v) is 11.7. The van der Waals surface area contributed by atoms with Gasteiger partial charge in [0.05, 0.1) is 0 Å². The molecule has 0 aliphatic rings. The zero-order valence-electron chi connectivity index (χ0n) is 11.7. The monoisotopic (exact) mass is 254 g/mol. The van der Waals surface area contributed by atoms with Crippen molar-refractivity contribution in [1.29, 1.82) is 0 Å². The van der Waals surface area contributed by atoms with E-state index >= 15 is 0 Å². The van der Waals surface area contributed by atoms with Crippen LogP contribution in [0.2, 0.25) is 0 Å². The third-order valence-electron chi connectivity index (χ3n) is 3.37. The van der Waals surface area contributed by atoms with Crippen molar-refractivity contribution in [3.63, 3.8) is 0 Å². The first kappa shape index (κ1) is 13.8. The Morgan fingerprint density at radius 3 is 2.11 bits per heavy atom. The second-order valence-corrected chi connectivity index (χ2v) is 4.64. The fraction of sp³-hybridized carbons (Fsp3) is 0.294. The van der Waals surface area contributed by atoms with E-state index in [1.807, 2.05) is 13.1 Å². The topological polar surface area (TPSA) is 24.1 Å². The van der Waals surface area contributed by atoms with Gasteiger partial charge in [0, 0.05) is 12.6 Å². The van der Waals surface area contributed by atoms with Crippen molar-refractivity contribution in [3.05, 3.63) is 60.2 Å². The molecule has 0 aromatic heterocycles. The van der Waals surface area contributed by atoms with Crippen molar-refractivity contribution in [1.82, 2.24) is 10.6 Å². The molecule has 0 radical (unpaired) electrons. The summed E-state index contributed by atoms with van der Waals surface area (Å²) in [5.74, 6) is 0. The number of nitrogens with one attached hydrogen (secondary N) is 2. The average Bonchev–Trinajstić information content (AvgIpc) is 2.49. The molecule has 0 fully saturated rings. The summed E-state index contributed by atoms with van der Waals surface area (Å²) in [6.45, 7) is 4.09. The number of benzene rings is 2. The molecule has 0 aliphatic heterocycles. The summed E-state index contributed by atoms with van der Waals surface area (Å²) in [5, 5.41) is 6.73. The van der Waals surface area contributed by atoms with Crippen LogP contribution in [0.3, 0.4) is 0 Å². The summed E-state index contributed by atoms with van der Waals surface area (Å²) >= 11 is 0. The first-order valence-corrected chi connectivity index (χ1v) is 6.88. The fourth-order valence-corrected chi connectivity index (χ4v) is 2.21. The fourth-order valence-electron chi connectivity index (χ4n) is 2.21. The summed E-state index contributed by atoms with van der Waals surface area (Å²) < 4.78 is 0. The van der Waals surface area contributed by atoms with Gasteiger partial charge in [0.1, 0.15) is 0 Å². The van der Waals surface area contributed by atoms with Crippen molar-refractivity contribution >= 4 is 0 Å². The van der Waals surface area contributed by atoms with E-state index < -0.39 is 0 Å². The lowest BCUT2D eigenvalue weighted by atomic mass is 10.0. The van der Waals surface area contributed by atoms with E-state index in [1.165, 1.54) is 16.7 Å². The molecule has 0 heterocycles. The Kier molecular flexibility index (Phi) is 5.13. The van der Waals surface area contributed by atoms with E-state index in [4.69, 9.17) is 0 Å². The molecule has 100 valence electrons. The van der Waals surface area contributed by atoms with Gasteiger partial charge in [-0.3, -0.25) is 0 Å². The van der Waals surface area contributed by atoms with Crippen molar-refractivity contribution in [3.8, 4) is 11.1 Å². The standard InChI is InChI=1S/C17H22N2/c1-3-19-13-17(18-2)16-11-9-15(10-12-16)14-7-5-4-6-8-14/h4-12,17-19H,3,13H2,1-2H3. The van der Waals surface area contributed by atoms with Gasteiger partial charge >= 0.3 is 0 Å². The van der Waals surface area contributed by atoms with Gasteiger partial charge in [0.15, 0.2) is 0 Å². The summed E-state index contributed by atoms with van der Waals surface area (Å²) in [5.41, 5.74) is 3.85. The maximum atomic E-state index is 3.38. The van der Waals surface area contributed by atoms with Crippen LogP contribution in [0.15, 0.2) is 54.6 Å². The van der Waals surface area contributed by atoms with Crippen molar-refractivity contribution in [2.45, 2.75) is 13.0 Å². The van der Waals surface area contributed by atoms with Gasteiger partial charge < -0.3 is 10.6 Å². The molecule has 2 aromatic carbocycles. The van der Waals surface area contributed by atoms with E-state index in [9.17, 15) is 0 Å². The molecule has 0 aliphatic carbocycles. The Hall–Kier alpha value is -1.64. The molecule has 0 spiro atoms.